The summed E-state index contributed by atoms with van der Waals surface area (Å²) in [5.74, 6) is 0.162. The molecule has 2 rings (SSSR count). The maximum Gasteiger partial charge on any atom is 0.416 e. The number of hydrogen-bond donors (Lipinski definition) is 1. The lowest BCUT2D eigenvalue weighted by atomic mass is 10.1. The quantitative estimate of drug-likeness (QED) is 0.939. The lowest BCUT2D eigenvalue weighted by Crippen LogP contribution is -2.06. The van der Waals surface area contributed by atoms with Gasteiger partial charge in [0, 0.05) is 11.4 Å². The van der Waals surface area contributed by atoms with E-state index in [4.69, 9.17) is 5.73 Å². The molecule has 2 nitrogen and oxygen atoms in total. The van der Waals surface area contributed by atoms with Gasteiger partial charge in [-0.05, 0) is 29.3 Å². The Morgan fingerprint density at radius 1 is 1.00 bits per heavy atom. The lowest BCUT2D eigenvalue weighted by Gasteiger charge is -2.09. The van der Waals surface area contributed by atoms with E-state index in [1.54, 1.807) is 12.1 Å². The Bertz CT molecular complexity index is 655. The smallest absolute Gasteiger partial charge is 0.326 e. The highest BCUT2D eigenvalue weighted by Gasteiger charge is 2.30. The molecule has 112 valence electrons. The van der Waals surface area contributed by atoms with Gasteiger partial charge in [0.1, 0.15) is 0 Å². The molecule has 0 fully saturated rings. The van der Waals surface area contributed by atoms with Crippen molar-refractivity contribution in [1.82, 2.24) is 0 Å². The Labute approximate surface area is 123 Å². The number of halogens is 3. The van der Waals surface area contributed by atoms with Crippen LogP contribution >= 0.6 is 0 Å². The summed E-state index contributed by atoms with van der Waals surface area (Å²) in [6, 6.07) is 11.8. The second-order valence-corrected chi connectivity index (χ2v) is 5.99. The van der Waals surface area contributed by atoms with E-state index in [1.165, 1.54) is 12.1 Å². The van der Waals surface area contributed by atoms with Gasteiger partial charge >= 0.3 is 6.18 Å². The van der Waals surface area contributed by atoms with Crippen LogP contribution in [0.1, 0.15) is 16.7 Å². The summed E-state index contributed by atoms with van der Waals surface area (Å²) >= 11 is 0. The van der Waals surface area contributed by atoms with Crippen molar-refractivity contribution >= 4 is 10.8 Å². The largest absolute Gasteiger partial charge is 0.416 e. The highest BCUT2D eigenvalue weighted by Crippen LogP contribution is 2.30. The van der Waals surface area contributed by atoms with Crippen LogP contribution in [0.5, 0.6) is 0 Å². The summed E-state index contributed by atoms with van der Waals surface area (Å²) < 4.78 is 50.1. The predicted octanol–water partition coefficient (Wildman–Crippen LogP) is 3.47. The molecule has 0 saturated carbocycles. The molecule has 6 heteroatoms. The fraction of sp³-hybridized carbons (Fsp3) is 0.200. The maximum absolute atomic E-state index is 12.6. The van der Waals surface area contributed by atoms with Crippen LogP contribution in [0.25, 0.3) is 0 Å². The van der Waals surface area contributed by atoms with Crippen LogP contribution in [0.15, 0.2) is 53.4 Å². The molecule has 21 heavy (non-hydrogen) atoms. The SMILES string of the molecule is NCc1cccc(CS(=O)c2cccc(C(F)(F)F)c2)c1. The van der Waals surface area contributed by atoms with Crippen molar-refractivity contribution < 1.29 is 17.4 Å². The van der Waals surface area contributed by atoms with E-state index in [0.717, 1.165) is 23.3 Å². The average molecular weight is 313 g/mol. The van der Waals surface area contributed by atoms with Crippen molar-refractivity contribution in [3.05, 3.63) is 65.2 Å². The Hall–Kier alpha value is -1.66. The maximum atomic E-state index is 12.6. The zero-order chi connectivity index (χ0) is 15.5. The normalized spacial score (nSPS) is 13.1. The highest BCUT2D eigenvalue weighted by molar-refractivity contribution is 7.84. The van der Waals surface area contributed by atoms with Gasteiger partial charge in [0.2, 0.25) is 0 Å². The van der Waals surface area contributed by atoms with Crippen LogP contribution in [0, 0.1) is 0 Å². The van der Waals surface area contributed by atoms with E-state index in [1.807, 2.05) is 12.1 Å². The minimum Gasteiger partial charge on any atom is -0.326 e. The van der Waals surface area contributed by atoms with Gasteiger partial charge in [0.15, 0.2) is 0 Å². The molecule has 2 aromatic rings. The van der Waals surface area contributed by atoms with Gasteiger partial charge < -0.3 is 5.73 Å². The predicted molar refractivity (Wildman–Crippen MR) is 75.9 cm³/mol. The molecule has 0 aliphatic rings. The third-order valence-corrected chi connectivity index (χ3v) is 4.32. The Kier molecular flexibility index (Phi) is 4.80. The van der Waals surface area contributed by atoms with Gasteiger partial charge in [-0.2, -0.15) is 13.2 Å². The zero-order valence-corrected chi connectivity index (χ0v) is 11.9. The molecule has 0 radical (unpaired) electrons. The molecule has 1 atom stereocenters. The van der Waals surface area contributed by atoms with Crippen molar-refractivity contribution in [1.29, 1.82) is 0 Å². The molecule has 0 saturated heterocycles. The van der Waals surface area contributed by atoms with Crippen LogP contribution in [0.4, 0.5) is 13.2 Å². The standard InChI is InChI=1S/C15H14F3NOS/c16-15(17,18)13-5-2-6-14(8-13)21(20)10-12-4-1-3-11(7-12)9-19/h1-8H,9-10,19H2. The highest BCUT2D eigenvalue weighted by atomic mass is 32.2. The monoisotopic (exact) mass is 313 g/mol. The van der Waals surface area contributed by atoms with E-state index >= 15 is 0 Å². The summed E-state index contributed by atoms with van der Waals surface area (Å²) in [5, 5.41) is 0. The van der Waals surface area contributed by atoms with Crippen molar-refractivity contribution in [3.8, 4) is 0 Å². The summed E-state index contributed by atoms with van der Waals surface area (Å²) in [6.07, 6.45) is -4.43. The molecular formula is C15H14F3NOS. The summed E-state index contributed by atoms with van der Waals surface area (Å²) in [5.41, 5.74) is 6.42. The Balaban J connectivity index is 2.20. The second-order valence-electron chi connectivity index (χ2n) is 4.54. The van der Waals surface area contributed by atoms with E-state index in [-0.39, 0.29) is 10.6 Å². The molecule has 2 aromatic carbocycles. The number of benzene rings is 2. The number of hydrogen-bond acceptors (Lipinski definition) is 2. The van der Waals surface area contributed by atoms with E-state index in [9.17, 15) is 17.4 Å². The van der Waals surface area contributed by atoms with Crippen LogP contribution in [0.3, 0.4) is 0 Å². The summed E-state index contributed by atoms with van der Waals surface area (Å²) in [4.78, 5) is 0.169. The van der Waals surface area contributed by atoms with E-state index in [2.05, 4.69) is 0 Å². The zero-order valence-electron chi connectivity index (χ0n) is 11.1. The third kappa shape index (κ3) is 4.15. The van der Waals surface area contributed by atoms with Gasteiger partial charge in [0.05, 0.1) is 22.1 Å². The molecule has 0 spiro atoms. The Morgan fingerprint density at radius 2 is 1.67 bits per heavy atom. The number of alkyl halides is 3. The van der Waals surface area contributed by atoms with Gasteiger partial charge in [-0.3, -0.25) is 4.21 Å². The molecule has 0 aliphatic heterocycles. The molecule has 2 N–H and O–H groups in total. The average Bonchev–Trinajstić information content (AvgIpc) is 2.46. The molecule has 0 heterocycles. The first-order valence-corrected chi connectivity index (χ1v) is 7.55. The van der Waals surface area contributed by atoms with Crippen molar-refractivity contribution in [3.63, 3.8) is 0 Å². The first-order chi connectivity index (χ1) is 9.90. The van der Waals surface area contributed by atoms with Crippen molar-refractivity contribution in [2.45, 2.75) is 23.4 Å². The number of nitrogens with two attached hydrogens (primary N) is 1. The molecular weight excluding hydrogens is 299 g/mol. The molecule has 0 aliphatic carbocycles. The molecule has 1 unspecified atom stereocenters. The minimum absolute atomic E-state index is 0.162. The fourth-order valence-corrected chi connectivity index (χ4v) is 3.03. The van der Waals surface area contributed by atoms with Crippen LogP contribution < -0.4 is 5.73 Å². The number of rotatable bonds is 4. The molecule has 0 aromatic heterocycles. The van der Waals surface area contributed by atoms with Gasteiger partial charge in [-0.25, -0.2) is 0 Å². The van der Waals surface area contributed by atoms with Crippen molar-refractivity contribution in [2.24, 2.45) is 5.73 Å². The minimum atomic E-state index is -4.43. The van der Waals surface area contributed by atoms with Crippen LogP contribution in [0.2, 0.25) is 0 Å². The van der Waals surface area contributed by atoms with E-state index in [0.29, 0.717) is 6.54 Å². The van der Waals surface area contributed by atoms with Crippen molar-refractivity contribution in [2.75, 3.05) is 0 Å². The van der Waals surface area contributed by atoms with E-state index < -0.39 is 22.5 Å². The first-order valence-electron chi connectivity index (χ1n) is 6.23. The van der Waals surface area contributed by atoms with Gasteiger partial charge in [-0.15, -0.1) is 0 Å². The molecule has 0 amide bonds. The fourth-order valence-electron chi connectivity index (χ4n) is 1.90. The second kappa shape index (κ2) is 6.41. The Morgan fingerprint density at radius 3 is 2.33 bits per heavy atom. The summed E-state index contributed by atoms with van der Waals surface area (Å²) in [6.45, 7) is 0.365. The van der Waals surface area contributed by atoms with Crippen LogP contribution in [-0.2, 0) is 29.3 Å². The van der Waals surface area contributed by atoms with Gasteiger partial charge in [0.25, 0.3) is 0 Å². The summed E-state index contributed by atoms with van der Waals surface area (Å²) in [7, 11) is -1.53. The lowest BCUT2D eigenvalue weighted by molar-refractivity contribution is -0.137. The van der Waals surface area contributed by atoms with Gasteiger partial charge in [-0.1, -0.05) is 30.3 Å². The topological polar surface area (TPSA) is 43.1 Å². The third-order valence-electron chi connectivity index (χ3n) is 2.95. The first kappa shape index (κ1) is 15.7. The molecule has 0 bridgehead atoms. The van der Waals surface area contributed by atoms with Crippen LogP contribution in [-0.4, -0.2) is 4.21 Å².